The number of hydrogen-bond acceptors (Lipinski definition) is 2. The van der Waals surface area contributed by atoms with Gasteiger partial charge in [-0.1, -0.05) is 37.0 Å². The van der Waals surface area contributed by atoms with E-state index in [1.54, 1.807) is 12.1 Å². The Labute approximate surface area is 112 Å². The van der Waals surface area contributed by atoms with Crippen LogP contribution in [0.15, 0.2) is 12.1 Å². The highest BCUT2D eigenvalue weighted by atomic mass is 35.5. The molecule has 5 heteroatoms. The molecule has 3 nitrogen and oxygen atoms in total. The van der Waals surface area contributed by atoms with Crippen molar-refractivity contribution in [3.8, 4) is 0 Å². The first-order chi connectivity index (χ1) is 7.90. The second-order valence-electron chi connectivity index (χ2n) is 4.48. The van der Waals surface area contributed by atoms with Gasteiger partial charge in [0, 0.05) is 6.04 Å². The summed E-state index contributed by atoms with van der Waals surface area (Å²) in [5.74, 6) is 0.316. The Morgan fingerprint density at radius 2 is 2.00 bits per heavy atom. The van der Waals surface area contributed by atoms with Gasteiger partial charge in [0.2, 0.25) is 0 Å². The molecule has 1 unspecified atom stereocenters. The number of carbonyl (C=O) groups excluding carboxylic acids is 1. The van der Waals surface area contributed by atoms with Gasteiger partial charge in [0.15, 0.2) is 0 Å². The molecule has 1 aromatic rings. The zero-order valence-corrected chi connectivity index (χ0v) is 11.6. The molecule has 17 heavy (non-hydrogen) atoms. The standard InChI is InChI=1S/C12H16Cl2N2O/c1-7(2)6-8(3)15-12(17)9-4-5-10(13)16-11(9)14/h4-5,7-8H,6H2,1-3H3,(H,15,17). The second kappa shape index (κ2) is 6.22. The van der Waals surface area contributed by atoms with E-state index in [-0.39, 0.29) is 22.3 Å². The fraction of sp³-hybridized carbons (Fsp3) is 0.500. The van der Waals surface area contributed by atoms with Gasteiger partial charge in [0.25, 0.3) is 5.91 Å². The van der Waals surface area contributed by atoms with Gasteiger partial charge in [-0.3, -0.25) is 4.79 Å². The number of nitrogens with one attached hydrogen (secondary N) is 1. The van der Waals surface area contributed by atoms with Gasteiger partial charge in [-0.05, 0) is 31.4 Å². The van der Waals surface area contributed by atoms with Crippen LogP contribution in [0.3, 0.4) is 0 Å². The average molecular weight is 275 g/mol. The van der Waals surface area contributed by atoms with Crippen molar-refractivity contribution in [2.24, 2.45) is 5.92 Å². The molecule has 0 saturated heterocycles. The third-order valence-corrected chi connectivity index (χ3v) is 2.76. The molecule has 0 aliphatic heterocycles. The zero-order valence-electron chi connectivity index (χ0n) is 10.1. The number of halogens is 2. The van der Waals surface area contributed by atoms with Crippen LogP contribution in [0.2, 0.25) is 10.3 Å². The molecule has 0 aliphatic carbocycles. The van der Waals surface area contributed by atoms with E-state index in [9.17, 15) is 4.79 Å². The minimum absolute atomic E-state index is 0.106. The summed E-state index contributed by atoms with van der Waals surface area (Å²) in [6.07, 6.45) is 0.921. The van der Waals surface area contributed by atoms with Crippen molar-refractivity contribution in [3.63, 3.8) is 0 Å². The summed E-state index contributed by atoms with van der Waals surface area (Å²) in [6.45, 7) is 6.19. The molecule has 1 atom stereocenters. The van der Waals surface area contributed by atoms with Crippen molar-refractivity contribution >= 4 is 29.1 Å². The molecule has 0 fully saturated rings. The Kier molecular flexibility index (Phi) is 5.22. The molecule has 1 heterocycles. The molecule has 94 valence electrons. The molecule has 0 aliphatic rings. The summed E-state index contributed by atoms with van der Waals surface area (Å²) in [5.41, 5.74) is 0.353. The minimum atomic E-state index is -0.215. The van der Waals surface area contributed by atoms with Crippen LogP contribution in [0.1, 0.15) is 37.6 Å². The van der Waals surface area contributed by atoms with Gasteiger partial charge in [-0.2, -0.15) is 0 Å². The van der Waals surface area contributed by atoms with Gasteiger partial charge in [0.05, 0.1) is 5.56 Å². The molecule has 1 aromatic heterocycles. The van der Waals surface area contributed by atoms with Gasteiger partial charge in [-0.25, -0.2) is 4.98 Å². The maximum atomic E-state index is 11.9. The fourth-order valence-electron chi connectivity index (χ4n) is 1.65. The van der Waals surface area contributed by atoms with E-state index < -0.39 is 0 Å². The highest BCUT2D eigenvalue weighted by Gasteiger charge is 2.14. The Morgan fingerprint density at radius 1 is 1.35 bits per heavy atom. The van der Waals surface area contributed by atoms with Crippen LogP contribution in [-0.4, -0.2) is 16.9 Å². The van der Waals surface area contributed by atoms with Crippen LogP contribution < -0.4 is 5.32 Å². The van der Waals surface area contributed by atoms with E-state index >= 15 is 0 Å². The quantitative estimate of drug-likeness (QED) is 0.854. The van der Waals surface area contributed by atoms with Crippen molar-refractivity contribution in [2.75, 3.05) is 0 Å². The van der Waals surface area contributed by atoms with Crippen molar-refractivity contribution in [3.05, 3.63) is 28.0 Å². The summed E-state index contributed by atoms with van der Waals surface area (Å²) in [7, 11) is 0. The number of nitrogens with zero attached hydrogens (tertiary/aromatic N) is 1. The van der Waals surface area contributed by atoms with Crippen molar-refractivity contribution < 1.29 is 4.79 Å². The summed E-state index contributed by atoms with van der Waals surface area (Å²) in [6, 6.07) is 3.24. The van der Waals surface area contributed by atoms with Crippen molar-refractivity contribution in [2.45, 2.75) is 33.2 Å². The zero-order chi connectivity index (χ0) is 13.0. The predicted octanol–water partition coefficient (Wildman–Crippen LogP) is 3.55. The SMILES string of the molecule is CC(C)CC(C)NC(=O)c1ccc(Cl)nc1Cl. The summed E-state index contributed by atoms with van der Waals surface area (Å²) >= 11 is 11.5. The number of pyridine rings is 1. The highest BCUT2D eigenvalue weighted by Crippen LogP contribution is 2.17. The van der Waals surface area contributed by atoms with Crippen LogP contribution >= 0.6 is 23.2 Å². The Balaban J connectivity index is 2.70. The molecule has 0 saturated carbocycles. The van der Waals surface area contributed by atoms with Crippen LogP contribution in [0.25, 0.3) is 0 Å². The summed E-state index contributed by atoms with van der Waals surface area (Å²) in [4.78, 5) is 15.7. The Morgan fingerprint density at radius 3 is 2.53 bits per heavy atom. The van der Waals surface area contributed by atoms with E-state index in [4.69, 9.17) is 23.2 Å². The lowest BCUT2D eigenvalue weighted by molar-refractivity contribution is 0.0936. The number of aromatic nitrogens is 1. The molecule has 1 rings (SSSR count). The first-order valence-corrected chi connectivity index (χ1v) is 6.28. The number of carbonyl (C=O) groups is 1. The Bertz CT molecular complexity index is 407. The van der Waals surface area contributed by atoms with E-state index in [2.05, 4.69) is 24.1 Å². The lowest BCUT2D eigenvalue weighted by Crippen LogP contribution is -2.33. The van der Waals surface area contributed by atoms with Crippen LogP contribution in [0.5, 0.6) is 0 Å². The summed E-state index contributed by atoms with van der Waals surface area (Å²) in [5, 5.41) is 3.29. The first kappa shape index (κ1) is 14.3. The van der Waals surface area contributed by atoms with E-state index in [0.29, 0.717) is 11.5 Å². The molecule has 1 N–H and O–H groups in total. The number of rotatable bonds is 4. The second-order valence-corrected chi connectivity index (χ2v) is 5.22. The lowest BCUT2D eigenvalue weighted by atomic mass is 10.1. The normalized spacial score (nSPS) is 12.6. The van der Waals surface area contributed by atoms with Crippen molar-refractivity contribution in [1.29, 1.82) is 0 Å². The smallest absolute Gasteiger partial charge is 0.254 e. The lowest BCUT2D eigenvalue weighted by Gasteiger charge is -2.16. The van der Waals surface area contributed by atoms with E-state index in [1.807, 2.05) is 6.92 Å². The fourth-order valence-corrected chi connectivity index (χ4v) is 2.08. The van der Waals surface area contributed by atoms with Crippen LogP contribution in [0, 0.1) is 5.92 Å². The highest BCUT2D eigenvalue weighted by molar-refractivity contribution is 6.34. The van der Waals surface area contributed by atoms with Gasteiger partial charge in [0.1, 0.15) is 10.3 Å². The van der Waals surface area contributed by atoms with Gasteiger partial charge in [-0.15, -0.1) is 0 Å². The third kappa shape index (κ3) is 4.52. The molecule has 0 spiro atoms. The van der Waals surface area contributed by atoms with Crippen molar-refractivity contribution in [1.82, 2.24) is 10.3 Å². The van der Waals surface area contributed by atoms with Crippen LogP contribution in [-0.2, 0) is 0 Å². The average Bonchev–Trinajstić information content (AvgIpc) is 2.15. The Hall–Kier alpha value is -0.800. The van der Waals surface area contributed by atoms with Gasteiger partial charge < -0.3 is 5.32 Å². The minimum Gasteiger partial charge on any atom is -0.349 e. The number of amides is 1. The topological polar surface area (TPSA) is 42.0 Å². The van der Waals surface area contributed by atoms with Crippen LogP contribution in [0.4, 0.5) is 0 Å². The molecule has 0 radical (unpaired) electrons. The largest absolute Gasteiger partial charge is 0.349 e. The first-order valence-electron chi connectivity index (χ1n) is 5.53. The molecular formula is C12H16Cl2N2O. The molecule has 0 bridgehead atoms. The predicted molar refractivity (Wildman–Crippen MR) is 70.6 cm³/mol. The maximum Gasteiger partial charge on any atom is 0.254 e. The number of hydrogen-bond donors (Lipinski definition) is 1. The maximum absolute atomic E-state index is 11.9. The third-order valence-electron chi connectivity index (χ3n) is 2.26. The van der Waals surface area contributed by atoms with E-state index in [1.165, 1.54) is 0 Å². The molecule has 0 aromatic carbocycles. The van der Waals surface area contributed by atoms with E-state index in [0.717, 1.165) is 6.42 Å². The monoisotopic (exact) mass is 274 g/mol. The molecular weight excluding hydrogens is 259 g/mol. The summed E-state index contributed by atoms with van der Waals surface area (Å²) < 4.78 is 0. The molecule has 1 amide bonds. The van der Waals surface area contributed by atoms with Gasteiger partial charge >= 0.3 is 0 Å².